The van der Waals surface area contributed by atoms with Gasteiger partial charge in [0.25, 0.3) is 5.91 Å². The van der Waals surface area contributed by atoms with Crippen LogP contribution in [0, 0.1) is 0 Å². The molecule has 0 heterocycles. The molecule has 0 aromatic heterocycles. The van der Waals surface area contributed by atoms with Crippen molar-refractivity contribution < 1.29 is 9.53 Å². The summed E-state index contributed by atoms with van der Waals surface area (Å²) in [7, 11) is 0. The lowest BCUT2D eigenvalue weighted by Gasteiger charge is -2.08. The van der Waals surface area contributed by atoms with Crippen molar-refractivity contribution >= 4 is 34.8 Å². The Morgan fingerprint density at radius 2 is 1.68 bits per heavy atom. The van der Waals surface area contributed by atoms with Gasteiger partial charge in [-0.2, -0.15) is 0 Å². The summed E-state index contributed by atoms with van der Waals surface area (Å²) in [4.78, 5) is 12.3. The van der Waals surface area contributed by atoms with Crippen LogP contribution in [0.4, 0.5) is 5.69 Å². The van der Waals surface area contributed by atoms with E-state index in [4.69, 9.17) is 27.9 Å². The molecule has 0 spiro atoms. The molecule has 0 aliphatic carbocycles. The number of nitrogens with one attached hydrogen (secondary N) is 1. The van der Waals surface area contributed by atoms with Crippen molar-refractivity contribution in [3.8, 4) is 5.75 Å². The van der Waals surface area contributed by atoms with Gasteiger partial charge in [-0.15, -0.1) is 0 Å². The van der Waals surface area contributed by atoms with E-state index in [1.165, 1.54) is 25.7 Å². The standard InChI is InChI=1S/C20H23Cl2NO2/c1-2-3-4-5-6-13-25-17-10-7-15(8-11-17)20(24)23-16-9-12-18(21)19(22)14-16/h7-12,14H,2-6,13H2,1H3,(H,23,24). The normalized spacial score (nSPS) is 10.5. The Morgan fingerprint density at radius 1 is 0.960 bits per heavy atom. The number of ether oxygens (including phenoxy) is 1. The van der Waals surface area contributed by atoms with E-state index >= 15 is 0 Å². The molecule has 1 amide bonds. The highest BCUT2D eigenvalue weighted by atomic mass is 35.5. The lowest BCUT2D eigenvalue weighted by molar-refractivity contribution is 0.102. The topological polar surface area (TPSA) is 38.3 Å². The quantitative estimate of drug-likeness (QED) is 0.498. The molecule has 0 bridgehead atoms. The second-order valence-corrected chi connectivity index (χ2v) is 6.68. The summed E-state index contributed by atoms with van der Waals surface area (Å²) in [5.74, 6) is 0.575. The van der Waals surface area contributed by atoms with Gasteiger partial charge in [-0.3, -0.25) is 4.79 Å². The maximum atomic E-state index is 12.3. The highest BCUT2D eigenvalue weighted by molar-refractivity contribution is 6.42. The summed E-state index contributed by atoms with van der Waals surface area (Å²) in [5, 5.41) is 3.65. The molecule has 134 valence electrons. The average molecular weight is 380 g/mol. The number of carbonyl (C=O) groups excluding carboxylic acids is 1. The minimum atomic E-state index is -0.204. The predicted octanol–water partition coefficient (Wildman–Crippen LogP) is 6.59. The average Bonchev–Trinajstić information content (AvgIpc) is 2.61. The van der Waals surface area contributed by atoms with Crippen molar-refractivity contribution in [3.63, 3.8) is 0 Å². The lowest BCUT2D eigenvalue weighted by Crippen LogP contribution is -2.11. The van der Waals surface area contributed by atoms with Gasteiger partial charge in [0.2, 0.25) is 0 Å². The van der Waals surface area contributed by atoms with Crippen molar-refractivity contribution in [2.45, 2.75) is 39.0 Å². The van der Waals surface area contributed by atoms with Crippen molar-refractivity contribution in [3.05, 3.63) is 58.1 Å². The highest BCUT2D eigenvalue weighted by Gasteiger charge is 2.07. The zero-order valence-electron chi connectivity index (χ0n) is 14.4. The summed E-state index contributed by atoms with van der Waals surface area (Å²) in [5.41, 5.74) is 1.16. The number of benzene rings is 2. The van der Waals surface area contributed by atoms with Crippen LogP contribution in [0.3, 0.4) is 0 Å². The van der Waals surface area contributed by atoms with E-state index in [0.717, 1.165) is 12.2 Å². The summed E-state index contributed by atoms with van der Waals surface area (Å²) in [6.07, 6.45) is 6.03. The SMILES string of the molecule is CCCCCCCOc1ccc(C(=O)Nc2ccc(Cl)c(Cl)c2)cc1. The molecule has 0 unspecified atom stereocenters. The highest BCUT2D eigenvalue weighted by Crippen LogP contribution is 2.25. The van der Waals surface area contributed by atoms with E-state index in [1.54, 1.807) is 30.3 Å². The molecule has 0 fully saturated rings. The summed E-state index contributed by atoms with van der Waals surface area (Å²) >= 11 is 11.8. The third-order valence-electron chi connectivity index (χ3n) is 3.81. The molecular formula is C20H23Cl2NO2. The second-order valence-electron chi connectivity index (χ2n) is 5.87. The smallest absolute Gasteiger partial charge is 0.255 e. The molecule has 0 saturated heterocycles. The number of hydrogen-bond acceptors (Lipinski definition) is 2. The van der Waals surface area contributed by atoms with Gasteiger partial charge < -0.3 is 10.1 Å². The van der Waals surface area contributed by atoms with Gasteiger partial charge in [-0.05, 0) is 48.9 Å². The maximum Gasteiger partial charge on any atom is 0.255 e. The van der Waals surface area contributed by atoms with Gasteiger partial charge in [-0.25, -0.2) is 0 Å². The Labute approximate surface area is 159 Å². The zero-order chi connectivity index (χ0) is 18.1. The van der Waals surface area contributed by atoms with E-state index in [2.05, 4.69) is 12.2 Å². The molecule has 0 aliphatic rings. The third kappa shape index (κ3) is 6.60. The first kappa shape index (κ1) is 19.6. The van der Waals surface area contributed by atoms with Crippen LogP contribution in [0.25, 0.3) is 0 Å². The van der Waals surface area contributed by atoms with Gasteiger partial charge >= 0.3 is 0 Å². The van der Waals surface area contributed by atoms with E-state index in [1.807, 2.05) is 12.1 Å². The van der Waals surface area contributed by atoms with Crippen LogP contribution in [0.2, 0.25) is 10.0 Å². The molecule has 2 rings (SSSR count). The Hall–Kier alpha value is -1.71. The number of rotatable bonds is 9. The summed E-state index contributed by atoms with van der Waals surface area (Å²) in [6, 6.07) is 12.1. The van der Waals surface area contributed by atoms with Crippen molar-refractivity contribution in [1.82, 2.24) is 0 Å². The van der Waals surface area contributed by atoms with Crippen LogP contribution in [0.5, 0.6) is 5.75 Å². The van der Waals surface area contributed by atoms with Crippen LogP contribution in [0.15, 0.2) is 42.5 Å². The van der Waals surface area contributed by atoms with Gasteiger partial charge in [0.05, 0.1) is 16.7 Å². The van der Waals surface area contributed by atoms with Gasteiger partial charge in [-0.1, -0.05) is 55.8 Å². The van der Waals surface area contributed by atoms with Gasteiger partial charge in [0.15, 0.2) is 0 Å². The second kappa shape index (κ2) is 10.3. The molecule has 25 heavy (non-hydrogen) atoms. The molecule has 5 heteroatoms. The van der Waals surface area contributed by atoms with E-state index in [-0.39, 0.29) is 5.91 Å². The Kier molecular flexibility index (Phi) is 8.10. The van der Waals surface area contributed by atoms with Crippen molar-refractivity contribution in [1.29, 1.82) is 0 Å². The first-order valence-corrected chi connectivity index (χ1v) is 9.35. The fourth-order valence-corrected chi connectivity index (χ4v) is 2.67. The monoisotopic (exact) mass is 379 g/mol. The molecule has 0 aliphatic heterocycles. The first-order valence-electron chi connectivity index (χ1n) is 8.59. The molecule has 2 aromatic rings. The third-order valence-corrected chi connectivity index (χ3v) is 4.55. The fraction of sp³-hybridized carbons (Fsp3) is 0.350. The summed E-state index contributed by atoms with van der Waals surface area (Å²) in [6.45, 7) is 2.91. The summed E-state index contributed by atoms with van der Waals surface area (Å²) < 4.78 is 5.70. The van der Waals surface area contributed by atoms with Crippen LogP contribution in [0.1, 0.15) is 49.4 Å². The molecule has 0 atom stereocenters. The largest absolute Gasteiger partial charge is 0.494 e. The van der Waals surface area contributed by atoms with Crippen LogP contribution < -0.4 is 10.1 Å². The Morgan fingerprint density at radius 3 is 2.36 bits per heavy atom. The van der Waals surface area contributed by atoms with Crippen molar-refractivity contribution in [2.24, 2.45) is 0 Å². The van der Waals surface area contributed by atoms with Crippen LogP contribution in [-0.2, 0) is 0 Å². The Bertz CT molecular complexity index is 687. The number of carbonyl (C=O) groups is 1. The number of halogens is 2. The number of hydrogen-bond donors (Lipinski definition) is 1. The van der Waals surface area contributed by atoms with Gasteiger partial charge in [0.1, 0.15) is 5.75 Å². The van der Waals surface area contributed by atoms with E-state index in [9.17, 15) is 4.79 Å². The molecule has 0 saturated carbocycles. The minimum Gasteiger partial charge on any atom is -0.494 e. The molecule has 2 aromatic carbocycles. The van der Waals surface area contributed by atoms with E-state index < -0.39 is 0 Å². The van der Waals surface area contributed by atoms with Crippen LogP contribution in [-0.4, -0.2) is 12.5 Å². The maximum absolute atomic E-state index is 12.3. The molecular weight excluding hydrogens is 357 g/mol. The van der Waals surface area contributed by atoms with Crippen molar-refractivity contribution in [2.75, 3.05) is 11.9 Å². The van der Waals surface area contributed by atoms with E-state index in [0.29, 0.717) is 27.9 Å². The first-order chi connectivity index (χ1) is 12.1. The predicted molar refractivity (Wildman–Crippen MR) is 105 cm³/mol. The van der Waals surface area contributed by atoms with Gasteiger partial charge in [0, 0.05) is 11.3 Å². The molecule has 3 nitrogen and oxygen atoms in total. The lowest BCUT2D eigenvalue weighted by atomic mass is 10.1. The van der Waals surface area contributed by atoms with Crippen LogP contribution >= 0.6 is 23.2 Å². The number of unbranched alkanes of at least 4 members (excludes halogenated alkanes) is 4. The number of anilines is 1. The molecule has 1 N–H and O–H groups in total. The fourth-order valence-electron chi connectivity index (χ4n) is 2.38. The molecule has 0 radical (unpaired) electrons. The minimum absolute atomic E-state index is 0.204. The Balaban J connectivity index is 1.82. The zero-order valence-corrected chi connectivity index (χ0v) is 15.9. The number of amides is 1.